The fraction of sp³-hybridized carbons (Fsp3) is 0.105. The van der Waals surface area contributed by atoms with Crippen molar-refractivity contribution in [2.24, 2.45) is 0 Å². The third kappa shape index (κ3) is 2.22. The Morgan fingerprint density at radius 1 is 0.875 bits per heavy atom. The molecule has 1 fully saturated rings. The van der Waals surface area contributed by atoms with Gasteiger partial charge in [-0.05, 0) is 5.56 Å². The first-order valence-electron chi connectivity index (χ1n) is 7.68. The van der Waals surface area contributed by atoms with Crippen molar-refractivity contribution in [2.75, 3.05) is 0 Å². The summed E-state index contributed by atoms with van der Waals surface area (Å²) in [4.78, 5) is 36.8. The average Bonchev–Trinajstić information content (AvgIpc) is 3.09. The highest BCUT2D eigenvalue weighted by atomic mass is 16.2. The Hall–Kier alpha value is -3.21. The minimum absolute atomic E-state index is 0.0827. The van der Waals surface area contributed by atoms with Gasteiger partial charge in [0, 0.05) is 17.3 Å². The van der Waals surface area contributed by atoms with E-state index in [4.69, 9.17) is 0 Å². The summed E-state index contributed by atoms with van der Waals surface area (Å²) in [5.74, 6) is -0.747. The molecule has 1 aliphatic heterocycles. The van der Waals surface area contributed by atoms with Crippen LogP contribution in [0.4, 0.5) is 0 Å². The maximum absolute atomic E-state index is 12.5. The van der Waals surface area contributed by atoms with Gasteiger partial charge in [-0.3, -0.25) is 24.8 Å². The third-order valence-corrected chi connectivity index (χ3v) is 4.33. The molecule has 1 unspecified atom stereocenters. The number of nitrogens with zero attached hydrogens (tertiary/aromatic N) is 1. The van der Waals surface area contributed by atoms with Crippen LogP contribution < -0.4 is 5.43 Å². The second kappa shape index (κ2) is 5.45. The van der Waals surface area contributed by atoms with Gasteiger partial charge in [0.1, 0.15) is 0 Å². The van der Waals surface area contributed by atoms with E-state index in [9.17, 15) is 14.4 Å². The van der Waals surface area contributed by atoms with Gasteiger partial charge in [-0.2, -0.15) is 0 Å². The first-order valence-corrected chi connectivity index (χ1v) is 7.68. The minimum Gasteiger partial charge on any atom is -0.288 e. The molecule has 118 valence electrons. The number of fused-ring (bicyclic) bond motifs is 1. The molecule has 2 aromatic carbocycles. The van der Waals surface area contributed by atoms with Crippen LogP contribution in [0, 0.1) is 0 Å². The lowest BCUT2D eigenvalue weighted by molar-refractivity contribution is -0.120. The van der Waals surface area contributed by atoms with Crippen molar-refractivity contribution < 1.29 is 14.4 Å². The molecule has 5 nitrogen and oxygen atoms in total. The van der Waals surface area contributed by atoms with Crippen LogP contribution in [0.3, 0.4) is 0 Å². The van der Waals surface area contributed by atoms with E-state index in [1.807, 2.05) is 30.3 Å². The quantitative estimate of drug-likeness (QED) is 0.682. The smallest absolute Gasteiger partial charge is 0.241 e. The number of hydrogen-bond donors (Lipinski definition) is 1. The van der Waals surface area contributed by atoms with Crippen molar-refractivity contribution in [3.05, 3.63) is 83.1 Å². The second-order valence-corrected chi connectivity index (χ2v) is 5.82. The summed E-state index contributed by atoms with van der Waals surface area (Å²) in [7, 11) is 0. The minimum atomic E-state index is -0.302. The number of ketones is 2. The molecule has 1 amide bonds. The van der Waals surface area contributed by atoms with E-state index in [1.54, 1.807) is 29.3 Å². The molecule has 0 bridgehead atoms. The van der Waals surface area contributed by atoms with Crippen molar-refractivity contribution in [1.29, 1.82) is 0 Å². The summed E-state index contributed by atoms with van der Waals surface area (Å²) >= 11 is 0. The molecular weight excluding hydrogens is 304 g/mol. The van der Waals surface area contributed by atoms with E-state index in [-0.39, 0.29) is 35.5 Å². The third-order valence-electron chi connectivity index (χ3n) is 4.33. The molecule has 1 N–H and O–H groups in total. The topological polar surface area (TPSA) is 66.5 Å². The normalized spacial score (nSPS) is 19.5. The number of Topliss-reactive ketones (excluding diaryl/α,β-unsaturated/α-hetero) is 2. The van der Waals surface area contributed by atoms with Gasteiger partial charge in [-0.15, -0.1) is 0 Å². The van der Waals surface area contributed by atoms with Crippen LogP contribution in [0.15, 0.2) is 66.4 Å². The van der Waals surface area contributed by atoms with Crippen LogP contribution >= 0.6 is 0 Å². The number of hydrazine groups is 1. The summed E-state index contributed by atoms with van der Waals surface area (Å²) in [6, 6.07) is 16.0. The van der Waals surface area contributed by atoms with Gasteiger partial charge in [0.15, 0.2) is 11.6 Å². The zero-order valence-electron chi connectivity index (χ0n) is 12.7. The Balaban J connectivity index is 1.71. The first-order chi connectivity index (χ1) is 11.6. The van der Waals surface area contributed by atoms with Gasteiger partial charge in [0.2, 0.25) is 5.91 Å². The van der Waals surface area contributed by atoms with Crippen molar-refractivity contribution in [3.8, 4) is 0 Å². The Kier molecular flexibility index (Phi) is 3.27. The number of benzene rings is 2. The molecule has 24 heavy (non-hydrogen) atoms. The molecule has 1 atom stereocenters. The fourth-order valence-corrected chi connectivity index (χ4v) is 3.15. The number of carbonyl (C=O) groups is 3. The highest BCUT2D eigenvalue weighted by molar-refractivity contribution is 6.39. The van der Waals surface area contributed by atoms with Crippen LogP contribution in [-0.4, -0.2) is 22.5 Å². The molecule has 1 saturated heterocycles. The van der Waals surface area contributed by atoms with E-state index in [0.717, 1.165) is 5.56 Å². The van der Waals surface area contributed by atoms with Crippen LogP contribution in [0.25, 0.3) is 0 Å². The van der Waals surface area contributed by atoms with Crippen molar-refractivity contribution in [1.82, 2.24) is 10.4 Å². The van der Waals surface area contributed by atoms with E-state index in [0.29, 0.717) is 11.1 Å². The number of amides is 1. The molecule has 2 aliphatic rings. The molecule has 4 rings (SSSR count). The van der Waals surface area contributed by atoms with Gasteiger partial charge in [-0.25, -0.2) is 0 Å². The summed E-state index contributed by atoms with van der Waals surface area (Å²) < 4.78 is 0. The first kappa shape index (κ1) is 14.4. The van der Waals surface area contributed by atoms with Crippen LogP contribution in [0.1, 0.15) is 38.7 Å². The number of allylic oxidation sites excluding steroid dienone is 1. The maximum atomic E-state index is 12.5. The van der Waals surface area contributed by atoms with Gasteiger partial charge in [-0.1, -0.05) is 54.6 Å². The molecule has 5 heteroatoms. The van der Waals surface area contributed by atoms with E-state index < -0.39 is 0 Å². The molecule has 0 aromatic heterocycles. The van der Waals surface area contributed by atoms with Crippen LogP contribution in [0.2, 0.25) is 0 Å². The predicted octanol–water partition coefficient (Wildman–Crippen LogP) is 2.43. The maximum Gasteiger partial charge on any atom is 0.241 e. The number of nitrogens with one attached hydrogen (secondary N) is 1. The summed E-state index contributed by atoms with van der Waals surface area (Å²) in [5.41, 5.74) is 4.57. The lowest BCUT2D eigenvalue weighted by Gasteiger charge is -2.22. The number of rotatable bonds is 2. The van der Waals surface area contributed by atoms with Gasteiger partial charge < -0.3 is 0 Å². The summed E-state index contributed by atoms with van der Waals surface area (Å²) in [5, 5.41) is 1.56. The molecule has 2 aromatic rings. The SMILES string of the molecule is O=C1CC(c2ccccc2)N(C=C2C(=O)c3ccccc3C2=O)N1. The lowest BCUT2D eigenvalue weighted by Crippen LogP contribution is -2.31. The largest absolute Gasteiger partial charge is 0.288 e. The standard InChI is InChI=1S/C19H14N2O3/c22-17-10-16(12-6-2-1-3-7-12)21(20-17)11-15-18(23)13-8-4-5-9-14(13)19(15)24/h1-9,11,16H,10H2,(H,20,22). The number of carbonyl (C=O) groups excluding carboxylic acids is 3. The van der Waals surface area contributed by atoms with Crippen LogP contribution in [0.5, 0.6) is 0 Å². The van der Waals surface area contributed by atoms with Crippen molar-refractivity contribution in [3.63, 3.8) is 0 Å². The fourth-order valence-electron chi connectivity index (χ4n) is 3.15. The zero-order valence-corrected chi connectivity index (χ0v) is 12.7. The van der Waals surface area contributed by atoms with Crippen molar-refractivity contribution >= 4 is 17.5 Å². The highest BCUT2D eigenvalue weighted by Gasteiger charge is 2.36. The van der Waals surface area contributed by atoms with E-state index >= 15 is 0 Å². The molecule has 1 aliphatic carbocycles. The lowest BCUT2D eigenvalue weighted by atomic mass is 10.0. The second-order valence-electron chi connectivity index (χ2n) is 5.82. The van der Waals surface area contributed by atoms with E-state index in [2.05, 4.69) is 5.43 Å². The van der Waals surface area contributed by atoms with Gasteiger partial charge in [0.25, 0.3) is 0 Å². The Labute approximate surface area is 138 Å². The predicted molar refractivity (Wildman–Crippen MR) is 87.0 cm³/mol. The molecule has 0 spiro atoms. The Bertz CT molecular complexity index is 849. The Morgan fingerprint density at radius 3 is 2.08 bits per heavy atom. The van der Waals surface area contributed by atoms with Gasteiger partial charge >= 0.3 is 0 Å². The summed E-state index contributed by atoms with van der Waals surface area (Å²) in [6.45, 7) is 0. The molecule has 0 saturated carbocycles. The average molecular weight is 318 g/mol. The number of hydrogen-bond acceptors (Lipinski definition) is 4. The van der Waals surface area contributed by atoms with Crippen molar-refractivity contribution in [2.45, 2.75) is 12.5 Å². The highest BCUT2D eigenvalue weighted by Crippen LogP contribution is 2.31. The monoisotopic (exact) mass is 318 g/mol. The van der Waals surface area contributed by atoms with E-state index in [1.165, 1.54) is 6.20 Å². The van der Waals surface area contributed by atoms with Gasteiger partial charge in [0.05, 0.1) is 18.0 Å². The van der Waals surface area contributed by atoms with Crippen LogP contribution in [-0.2, 0) is 4.79 Å². The summed E-state index contributed by atoms with van der Waals surface area (Å²) in [6.07, 6.45) is 1.75. The molecule has 1 heterocycles. The molecular formula is C19H14N2O3. The zero-order chi connectivity index (χ0) is 16.7. The molecule has 0 radical (unpaired) electrons. The Morgan fingerprint density at radius 2 is 1.46 bits per heavy atom.